The molecule has 2 aliphatic heterocycles. The van der Waals surface area contributed by atoms with Crippen molar-refractivity contribution in [2.45, 2.75) is 12.1 Å². The lowest BCUT2D eigenvalue weighted by atomic mass is 10.3. The Morgan fingerprint density at radius 3 is 3.18 bits per heavy atom. The van der Waals surface area contributed by atoms with Crippen molar-refractivity contribution in [1.29, 1.82) is 0 Å². The van der Waals surface area contributed by atoms with Gasteiger partial charge < -0.3 is 14.7 Å². The van der Waals surface area contributed by atoms with Crippen LogP contribution in [0.1, 0.15) is 0 Å². The Hall–Kier alpha value is -1.70. The average Bonchev–Trinajstić information content (AvgIpc) is 3.10. The molecule has 1 aromatic rings. The molecule has 3 rings (SSSR count). The number of nitrogens with two attached hydrogens (primary N) is 1. The van der Waals surface area contributed by atoms with Crippen LogP contribution in [0.15, 0.2) is 29.3 Å². The highest BCUT2D eigenvalue weighted by molar-refractivity contribution is 5.03. The van der Waals surface area contributed by atoms with E-state index in [1.54, 1.807) is 24.3 Å². The van der Waals surface area contributed by atoms with Crippen molar-refractivity contribution >= 4 is 0 Å². The average molecular weight is 236 g/mol. The molecule has 1 fully saturated rings. The molecule has 7 nitrogen and oxygen atoms in total. The molecule has 0 aliphatic carbocycles. The molecule has 90 valence electrons. The summed E-state index contributed by atoms with van der Waals surface area (Å²) in [6.45, 7) is 0.969. The quantitative estimate of drug-likeness (QED) is 0.268. The molecule has 2 aliphatic rings. The minimum Gasteiger partial charge on any atom is -0.596 e. The molecule has 0 aromatic heterocycles. The third-order valence-electron chi connectivity index (χ3n) is 2.54. The van der Waals surface area contributed by atoms with Crippen LogP contribution in [-0.4, -0.2) is 25.3 Å². The predicted octanol–water partition coefficient (Wildman–Crippen LogP) is -2.20. The first-order valence-electron chi connectivity index (χ1n) is 5.28. The zero-order chi connectivity index (χ0) is 11.9. The number of fused-ring (bicyclic) bond motifs is 1. The number of nitrogens with zero attached hydrogens (tertiary/aromatic N) is 2. The van der Waals surface area contributed by atoms with Gasteiger partial charge >= 0.3 is 5.97 Å². The summed E-state index contributed by atoms with van der Waals surface area (Å²) >= 11 is 0. The summed E-state index contributed by atoms with van der Waals surface area (Å²) in [5.41, 5.74) is 8.29. The van der Waals surface area contributed by atoms with Gasteiger partial charge in [-0.05, 0) is 6.07 Å². The van der Waals surface area contributed by atoms with Gasteiger partial charge in [-0.3, -0.25) is 5.73 Å². The standard InChI is InChI=1S/C10H12N4O3/c11-10(17-6-7-5-16-7)12-8-3-1-2-4-9(8)14(15)13-10/h1-4,7,13H,5-6,11H2. The van der Waals surface area contributed by atoms with E-state index in [1.807, 2.05) is 0 Å². The summed E-state index contributed by atoms with van der Waals surface area (Å²) in [4.78, 5) is 4.74. The highest BCUT2D eigenvalue weighted by atomic mass is 16.6. The third-order valence-corrected chi connectivity index (χ3v) is 2.54. The van der Waals surface area contributed by atoms with Crippen molar-refractivity contribution in [2.24, 2.45) is 10.7 Å². The summed E-state index contributed by atoms with van der Waals surface area (Å²) in [7, 11) is 0. The van der Waals surface area contributed by atoms with Crippen LogP contribution in [0, 0.1) is 5.21 Å². The van der Waals surface area contributed by atoms with Crippen molar-refractivity contribution in [3.8, 4) is 0 Å². The van der Waals surface area contributed by atoms with E-state index in [2.05, 4.69) is 10.4 Å². The Morgan fingerprint density at radius 2 is 2.41 bits per heavy atom. The van der Waals surface area contributed by atoms with E-state index in [1.165, 1.54) is 0 Å². The van der Waals surface area contributed by atoms with E-state index >= 15 is 0 Å². The number of hydrogen-bond acceptors (Lipinski definition) is 6. The van der Waals surface area contributed by atoms with Crippen LogP contribution in [0.5, 0.6) is 0 Å². The molecule has 0 saturated carbocycles. The highest BCUT2D eigenvalue weighted by Gasteiger charge is 2.35. The fourth-order valence-electron chi connectivity index (χ4n) is 1.59. The smallest absolute Gasteiger partial charge is 0.345 e. The fraction of sp³-hybridized carbons (Fsp3) is 0.400. The van der Waals surface area contributed by atoms with Gasteiger partial charge in [-0.1, -0.05) is 17.0 Å². The molecule has 17 heavy (non-hydrogen) atoms. The first-order chi connectivity index (χ1) is 8.16. The lowest BCUT2D eigenvalue weighted by molar-refractivity contribution is -0.0832. The minimum atomic E-state index is -1.53. The largest absolute Gasteiger partial charge is 0.596 e. The van der Waals surface area contributed by atoms with Crippen molar-refractivity contribution in [3.63, 3.8) is 0 Å². The summed E-state index contributed by atoms with van der Waals surface area (Å²) in [5, 5.41) is 12.6. The van der Waals surface area contributed by atoms with Crippen LogP contribution in [0.4, 0.5) is 0 Å². The molecule has 7 heteroatoms. The van der Waals surface area contributed by atoms with Crippen molar-refractivity contribution < 1.29 is 9.47 Å². The van der Waals surface area contributed by atoms with Gasteiger partial charge in [-0.25, -0.2) is 4.99 Å². The molecule has 2 atom stereocenters. The number of epoxide rings is 1. The molecule has 0 bridgehead atoms. The first-order valence-corrected chi connectivity index (χ1v) is 5.28. The van der Waals surface area contributed by atoms with Crippen LogP contribution in [0.3, 0.4) is 0 Å². The number of hydrogen-bond donors (Lipinski definition) is 2. The molecule has 0 radical (unpaired) electrons. The maximum Gasteiger partial charge on any atom is 0.345 e. The third kappa shape index (κ3) is 2.07. The van der Waals surface area contributed by atoms with E-state index < -0.39 is 5.97 Å². The lowest BCUT2D eigenvalue weighted by Gasteiger charge is -2.26. The molecule has 2 unspecified atom stereocenters. The lowest BCUT2D eigenvalue weighted by Crippen LogP contribution is -2.66. The van der Waals surface area contributed by atoms with Crippen LogP contribution >= 0.6 is 0 Å². The van der Waals surface area contributed by atoms with Gasteiger partial charge in [0.25, 0.3) is 5.36 Å². The predicted molar refractivity (Wildman–Crippen MR) is 57.6 cm³/mol. The second-order valence-corrected chi connectivity index (χ2v) is 3.97. The van der Waals surface area contributed by atoms with E-state index in [-0.39, 0.29) is 6.10 Å². The molecule has 1 aromatic carbocycles. The van der Waals surface area contributed by atoms with Crippen LogP contribution < -0.4 is 26.7 Å². The molecule has 0 spiro atoms. The van der Waals surface area contributed by atoms with Gasteiger partial charge in [0.15, 0.2) is 0 Å². The molecule has 2 heterocycles. The van der Waals surface area contributed by atoms with E-state index in [0.29, 0.717) is 28.8 Å². The molecular weight excluding hydrogens is 224 g/mol. The summed E-state index contributed by atoms with van der Waals surface area (Å²) in [6.07, 6.45) is 0.0599. The Bertz CT molecular complexity index is 557. The Kier molecular flexibility index (Phi) is 2.25. The zero-order valence-corrected chi connectivity index (χ0v) is 9.00. The molecular formula is C10H12N4O3. The number of rotatable bonds is 3. The van der Waals surface area contributed by atoms with Crippen LogP contribution in [0.2, 0.25) is 0 Å². The number of para-hydroxylation sites is 2. The van der Waals surface area contributed by atoms with E-state index in [4.69, 9.17) is 15.2 Å². The number of ether oxygens (including phenoxy) is 2. The van der Waals surface area contributed by atoms with E-state index in [0.717, 1.165) is 0 Å². The molecule has 1 saturated heterocycles. The fourth-order valence-corrected chi connectivity index (χ4v) is 1.59. The molecule has 3 N–H and O–H groups in total. The maximum absolute atomic E-state index is 11.7. The van der Waals surface area contributed by atoms with Gasteiger partial charge in [0.1, 0.15) is 11.5 Å². The van der Waals surface area contributed by atoms with Gasteiger partial charge in [-0.15, -0.1) is 5.43 Å². The van der Waals surface area contributed by atoms with Crippen LogP contribution in [-0.2, 0) is 9.47 Å². The van der Waals surface area contributed by atoms with Crippen molar-refractivity contribution in [1.82, 2.24) is 10.3 Å². The normalized spacial score (nSPS) is 30.2. The summed E-state index contributed by atoms with van der Waals surface area (Å²) < 4.78 is 10.4. The SMILES string of the molecule is NC1(OCC2CO2)N=c2ccccc2=[N+]([O-])N1. The first kappa shape index (κ1) is 10.5. The second-order valence-electron chi connectivity index (χ2n) is 3.97. The Morgan fingerprint density at radius 1 is 1.65 bits per heavy atom. The minimum absolute atomic E-state index is 0.0599. The van der Waals surface area contributed by atoms with Gasteiger partial charge in [0.05, 0.1) is 13.2 Å². The number of nitrogens with one attached hydrogen (secondary N) is 1. The topological polar surface area (TPSA) is 98.2 Å². The zero-order valence-electron chi connectivity index (χ0n) is 9.00. The van der Waals surface area contributed by atoms with E-state index in [9.17, 15) is 5.21 Å². The van der Waals surface area contributed by atoms with Gasteiger partial charge in [0.2, 0.25) is 0 Å². The highest BCUT2D eigenvalue weighted by Crippen LogP contribution is 2.12. The van der Waals surface area contributed by atoms with Crippen LogP contribution in [0.25, 0.3) is 0 Å². The summed E-state index contributed by atoms with van der Waals surface area (Å²) in [6, 6.07) is 6.90. The van der Waals surface area contributed by atoms with Gasteiger partial charge in [0, 0.05) is 6.07 Å². The Labute approximate surface area is 96.7 Å². The van der Waals surface area contributed by atoms with Crippen molar-refractivity contribution in [3.05, 3.63) is 40.2 Å². The van der Waals surface area contributed by atoms with Gasteiger partial charge in [-0.2, -0.15) is 0 Å². The second kappa shape index (κ2) is 3.66. The van der Waals surface area contributed by atoms with Crippen molar-refractivity contribution in [2.75, 3.05) is 13.2 Å². The maximum atomic E-state index is 11.7. The number of hydrazine groups is 1. The number of benzene rings is 1. The molecule has 0 amide bonds. The summed E-state index contributed by atoms with van der Waals surface area (Å²) in [5.74, 6) is -1.53. The Balaban J connectivity index is 1.93. The monoisotopic (exact) mass is 236 g/mol.